The van der Waals surface area contributed by atoms with Crippen molar-refractivity contribution in [3.8, 4) is 0 Å². The topological polar surface area (TPSA) is 70.2 Å². The number of aryl methyl sites for hydroxylation is 1. The number of carbonyl (C=O) groups is 2. The maximum Gasteiger partial charge on any atom is 0.251 e. The van der Waals surface area contributed by atoms with E-state index in [4.69, 9.17) is 0 Å². The molecule has 112 valence electrons. The zero-order valence-corrected chi connectivity index (χ0v) is 12.4. The largest absolute Gasteiger partial charge is 0.355 e. The smallest absolute Gasteiger partial charge is 0.251 e. The molecule has 5 nitrogen and oxygen atoms in total. The zero-order valence-electron chi connectivity index (χ0n) is 12.4. The van der Waals surface area contributed by atoms with Gasteiger partial charge >= 0.3 is 0 Å². The minimum Gasteiger partial charge on any atom is -0.355 e. The van der Waals surface area contributed by atoms with E-state index in [1.54, 1.807) is 25.2 Å². The van der Waals surface area contributed by atoms with Crippen LogP contribution >= 0.6 is 0 Å². The first-order valence-electron chi connectivity index (χ1n) is 7.48. The molecule has 2 aliphatic heterocycles. The quantitative estimate of drug-likeness (QED) is 0.787. The first kappa shape index (κ1) is 14.1. The van der Waals surface area contributed by atoms with Crippen LogP contribution in [-0.2, 0) is 4.79 Å². The van der Waals surface area contributed by atoms with Crippen LogP contribution in [0.1, 0.15) is 35.2 Å². The first-order valence-corrected chi connectivity index (χ1v) is 7.48. The third-order valence-electron chi connectivity index (χ3n) is 4.61. The molecule has 2 aliphatic rings. The van der Waals surface area contributed by atoms with Crippen molar-refractivity contribution in [2.75, 3.05) is 12.4 Å². The summed E-state index contributed by atoms with van der Waals surface area (Å²) in [5.74, 6) is 0.0422. The van der Waals surface area contributed by atoms with E-state index < -0.39 is 0 Å². The molecule has 2 heterocycles. The lowest BCUT2D eigenvalue weighted by atomic mass is 9.88. The van der Waals surface area contributed by atoms with Gasteiger partial charge in [0.15, 0.2) is 0 Å². The Kier molecular flexibility index (Phi) is 3.68. The number of benzene rings is 1. The molecule has 0 spiro atoms. The minimum atomic E-state index is -0.117. The molecule has 0 aliphatic carbocycles. The number of rotatable bonds is 3. The second-order valence-corrected chi connectivity index (χ2v) is 5.99. The Bertz CT molecular complexity index is 585. The van der Waals surface area contributed by atoms with Crippen LogP contribution < -0.4 is 16.0 Å². The molecule has 2 amide bonds. The van der Waals surface area contributed by atoms with Gasteiger partial charge in [-0.1, -0.05) is 0 Å². The van der Waals surface area contributed by atoms with Gasteiger partial charge in [-0.15, -0.1) is 0 Å². The van der Waals surface area contributed by atoms with Crippen molar-refractivity contribution in [2.45, 2.75) is 38.3 Å². The van der Waals surface area contributed by atoms with E-state index in [1.165, 1.54) is 6.42 Å². The monoisotopic (exact) mass is 287 g/mol. The molecule has 5 heteroatoms. The fourth-order valence-corrected chi connectivity index (χ4v) is 3.43. The Balaban J connectivity index is 1.70. The van der Waals surface area contributed by atoms with Crippen molar-refractivity contribution in [3.05, 3.63) is 29.3 Å². The van der Waals surface area contributed by atoms with Crippen molar-refractivity contribution >= 4 is 17.5 Å². The molecule has 0 aromatic heterocycles. The molecule has 0 radical (unpaired) electrons. The number of amides is 2. The molecular weight excluding hydrogens is 266 g/mol. The van der Waals surface area contributed by atoms with Gasteiger partial charge in [-0.3, -0.25) is 9.59 Å². The van der Waals surface area contributed by atoms with Gasteiger partial charge in [-0.25, -0.2) is 0 Å². The molecule has 21 heavy (non-hydrogen) atoms. The molecule has 1 aromatic carbocycles. The van der Waals surface area contributed by atoms with Crippen LogP contribution in [0.15, 0.2) is 18.2 Å². The Labute approximate surface area is 124 Å². The number of hydrogen-bond acceptors (Lipinski definition) is 3. The van der Waals surface area contributed by atoms with Crippen LogP contribution in [-0.4, -0.2) is 30.9 Å². The van der Waals surface area contributed by atoms with Gasteiger partial charge < -0.3 is 16.0 Å². The van der Waals surface area contributed by atoms with E-state index in [9.17, 15) is 9.59 Å². The Morgan fingerprint density at radius 3 is 2.67 bits per heavy atom. The molecule has 3 rings (SSSR count). The molecule has 2 bridgehead atoms. The summed E-state index contributed by atoms with van der Waals surface area (Å²) in [6, 6.07) is 6.19. The van der Waals surface area contributed by atoms with Crippen LogP contribution in [0.2, 0.25) is 0 Å². The highest BCUT2D eigenvalue weighted by molar-refractivity contribution is 5.97. The van der Waals surface area contributed by atoms with Crippen LogP contribution in [0.5, 0.6) is 0 Å². The highest BCUT2D eigenvalue weighted by atomic mass is 16.2. The highest BCUT2D eigenvalue weighted by Gasteiger charge is 2.42. The number of carbonyl (C=O) groups excluding carboxylic acids is 2. The number of anilines is 1. The van der Waals surface area contributed by atoms with E-state index >= 15 is 0 Å². The third kappa shape index (κ3) is 2.65. The predicted molar refractivity (Wildman–Crippen MR) is 81.3 cm³/mol. The second-order valence-electron chi connectivity index (χ2n) is 5.99. The lowest BCUT2D eigenvalue weighted by molar-refractivity contribution is -0.120. The van der Waals surface area contributed by atoms with E-state index in [1.807, 2.05) is 6.92 Å². The molecule has 3 N–H and O–H groups in total. The SMILES string of the molecule is CNC(=O)c1ccc(NC(=O)C2CC3CCC2N3)c(C)c1. The predicted octanol–water partition coefficient (Wildman–Crippen LogP) is 1.43. The highest BCUT2D eigenvalue weighted by Crippen LogP contribution is 2.34. The van der Waals surface area contributed by atoms with Gasteiger partial charge in [0.2, 0.25) is 5.91 Å². The lowest BCUT2D eigenvalue weighted by Crippen LogP contribution is -2.33. The van der Waals surface area contributed by atoms with Crippen LogP contribution in [0.3, 0.4) is 0 Å². The molecule has 2 saturated heterocycles. The maximum atomic E-state index is 12.4. The summed E-state index contributed by atoms with van der Waals surface area (Å²) < 4.78 is 0. The zero-order chi connectivity index (χ0) is 15.0. The van der Waals surface area contributed by atoms with Gasteiger partial charge in [-0.2, -0.15) is 0 Å². The maximum absolute atomic E-state index is 12.4. The van der Waals surface area contributed by atoms with Crippen LogP contribution in [0, 0.1) is 12.8 Å². The third-order valence-corrected chi connectivity index (χ3v) is 4.61. The fourth-order valence-electron chi connectivity index (χ4n) is 3.43. The number of fused-ring (bicyclic) bond motifs is 2. The van der Waals surface area contributed by atoms with Crippen molar-refractivity contribution in [1.82, 2.24) is 10.6 Å². The van der Waals surface area contributed by atoms with E-state index in [0.717, 1.165) is 24.1 Å². The Morgan fingerprint density at radius 2 is 2.10 bits per heavy atom. The molecular formula is C16H21N3O2. The van der Waals surface area contributed by atoms with Gasteiger partial charge in [0, 0.05) is 30.4 Å². The summed E-state index contributed by atoms with van der Waals surface area (Å²) in [5, 5.41) is 9.08. The fraction of sp³-hybridized carbons (Fsp3) is 0.500. The van der Waals surface area contributed by atoms with Crippen molar-refractivity contribution < 1.29 is 9.59 Å². The molecule has 1 aromatic rings. The average Bonchev–Trinajstić information content (AvgIpc) is 3.11. The normalized spacial score (nSPS) is 26.7. The van der Waals surface area contributed by atoms with E-state index in [2.05, 4.69) is 16.0 Å². The summed E-state index contributed by atoms with van der Waals surface area (Å²) in [5.41, 5.74) is 2.30. The Hall–Kier alpha value is -1.88. The van der Waals surface area contributed by atoms with Crippen molar-refractivity contribution in [3.63, 3.8) is 0 Å². The minimum absolute atomic E-state index is 0.0711. The standard InChI is InChI=1S/C16H21N3O2/c1-9-7-10(15(20)17-2)3-5-13(9)19-16(21)12-8-11-4-6-14(12)18-11/h3,5,7,11-12,14,18H,4,6,8H2,1-2H3,(H,17,20)(H,19,21). The van der Waals surface area contributed by atoms with Crippen LogP contribution in [0.25, 0.3) is 0 Å². The average molecular weight is 287 g/mol. The van der Waals surface area contributed by atoms with Gasteiger partial charge in [0.1, 0.15) is 0 Å². The lowest BCUT2D eigenvalue weighted by Gasteiger charge is -2.20. The summed E-state index contributed by atoms with van der Waals surface area (Å²) in [4.78, 5) is 24.0. The second kappa shape index (κ2) is 5.48. The number of nitrogens with one attached hydrogen (secondary N) is 3. The molecule has 0 saturated carbocycles. The summed E-state index contributed by atoms with van der Waals surface area (Å²) in [6.45, 7) is 1.90. The van der Waals surface area contributed by atoms with Gasteiger partial charge in [-0.05, 0) is 49.9 Å². The van der Waals surface area contributed by atoms with E-state index in [-0.39, 0.29) is 17.7 Å². The van der Waals surface area contributed by atoms with Gasteiger partial charge in [0.25, 0.3) is 5.91 Å². The molecule has 3 atom stereocenters. The Morgan fingerprint density at radius 1 is 1.29 bits per heavy atom. The molecule has 3 unspecified atom stereocenters. The summed E-state index contributed by atoms with van der Waals surface area (Å²) in [6.07, 6.45) is 3.22. The van der Waals surface area contributed by atoms with Crippen molar-refractivity contribution in [2.24, 2.45) is 5.92 Å². The molecule has 2 fully saturated rings. The van der Waals surface area contributed by atoms with Crippen LogP contribution in [0.4, 0.5) is 5.69 Å². The van der Waals surface area contributed by atoms with Gasteiger partial charge in [0.05, 0.1) is 5.92 Å². The van der Waals surface area contributed by atoms with Crippen molar-refractivity contribution in [1.29, 1.82) is 0 Å². The summed E-state index contributed by atoms with van der Waals surface area (Å²) in [7, 11) is 1.61. The van der Waals surface area contributed by atoms with E-state index in [0.29, 0.717) is 17.6 Å². The number of hydrogen-bond donors (Lipinski definition) is 3. The summed E-state index contributed by atoms with van der Waals surface area (Å²) >= 11 is 0. The first-order chi connectivity index (χ1) is 10.1.